The van der Waals surface area contributed by atoms with E-state index in [1.54, 1.807) is 16.2 Å². The van der Waals surface area contributed by atoms with E-state index >= 15 is 0 Å². The third-order valence-electron chi connectivity index (χ3n) is 2.89. The van der Waals surface area contributed by atoms with Gasteiger partial charge in [0, 0.05) is 11.9 Å². The molecule has 0 aliphatic carbocycles. The van der Waals surface area contributed by atoms with Crippen LogP contribution in [-0.2, 0) is 4.79 Å². The van der Waals surface area contributed by atoms with Gasteiger partial charge in [0.05, 0.1) is 12.1 Å². The second kappa shape index (κ2) is 5.46. The van der Waals surface area contributed by atoms with E-state index in [-0.39, 0.29) is 17.9 Å². The third-order valence-corrected chi connectivity index (χ3v) is 3.93. The molecule has 0 fully saturated rings. The zero-order valence-electron chi connectivity index (χ0n) is 10.3. The molecule has 4 heteroatoms. The molecule has 0 saturated heterocycles. The van der Waals surface area contributed by atoms with E-state index in [0.29, 0.717) is 0 Å². The summed E-state index contributed by atoms with van der Waals surface area (Å²) in [5.74, 6) is 0.182. The molecule has 0 aliphatic heterocycles. The topological polar surface area (TPSA) is 46.3 Å². The van der Waals surface area contributed by atoms with Crippen LogP contribution >= 0.6 is 11.3 Å². The monoisotopic (exact) mass is 240 g/mol. The van der Waals surface area contributed by atoms with Crippen LogP contribution in [0.15, 0.2) is 17.5 Å². The summed E-state index contributed by atoms with van der Waals surface area (Å²) in [5.41, 5.74) is 5.86. The molecule has 0 aromatic carbocycles. The van der Waals surface area contributed by atoms with Crippen molar-refractivity contribution in [2.75, 3.05) is 7.05 Å². The van der Waals surface area contributed by atoms with Gasteiger partial charge in [-0.05, 0) is 24.3 Å². The highest BCUT2D eigenvalue weighted by atomic mass is 32.1. The van der Waals surface area contributed by atoms with Crippen molar-refractivity contribution in [3.8, 4) is 0 Å². The summed E-state index contributed by atoms with van der Waals surface area (Å²) >= 11 is 1.66. The second-order valence-electron chi connectivity index (χ2n) is 4.41. The molecule has 0 spiro atoms. The summed E-state index contributed by atoms with van der Waals surface area (Å²) in [6.07, 6.45) is 0. The quantitative estimate of drug-likeness (QED) is 0.877. The van der Waals surface area contributed by atoms with E-state index in [4.69, 9.17) is 5.73 Å². The first kappa shape index (κ1) is 13.2. The van der Waals surface area contributed by atoms with Crippen LogP contribution < -0.4 is 5.73 Å². The number of nitrogens with zero attached hydrogens (tertiary/aromatic N) is 1. The normalized spacial score (nSPS) is 14.9. The number of carbonyl (C=O) groups is 1. The number of hydrogen-bond acceptors (Lipinski definition) is 3. The van der Waals surface area contributed by atoms with Crippen molar-refractivity contribution in [3.05, 3.63) is 22.4 Å². The summed E-state index contributed by atoms with van der Waals surface area (Å²) in [6.45, 7) is 5.95. The van der Waals surface area contributed by atoms with Gasteiger partial charge in [-0.2, -0.15) is 0 Å². The maximum Gasteiger partial charge on any atom is 0.240 e. The third kappa shape index (κ3) is 2.83. The minimum atomic E-state index is -0.410. The number of nitrogens with two attached hydrogens (primary N) is 1. The van der Waals surface area contributed by atoms with Crippen LogP contribution in [0.3, 0.4) is 0 Å². The summed E-state index contributed by atoms with van der Waals surface area (Å²) in [4.78, 5) is 14.9. The summed E-state index contributed by atoms with van der Waals surface area (Å²) in [6, 6.07) is 3.72. The number of amides is 1. The summed E-state index contributed by atoms with van der Waals surface area (Å²) in [5, 5.41) is 2.02. The van der Waals surface area contributed by atoms with Crippen molar-refractivity contribution in [2.24, 2.45) is 11.7 Å². The average Bonchev–Trinajstić information content (AvgIpc) is 2.78. The van der Waals surface area contributed by atoms with Crippen molar-refractivity contribution in [3.63, 3.8) is 0 Å². The molecule has 0 radical (unpaired) electrons. The highest BCUT2D eigenvalue weighted by Gasteiger charge is 2.25. The number of rotatable bonds is 4. The lowest BCUT2D eigenvalue weighted by atomic mass is 10.0. The first-order valence-corrected chi connectivity index (χ1v) is 6.38. The molecule has 0 bridgehead atoms. The van der Waals surface area contributed by atoms with Gasteiger partial charge in [-0.25, -0.2) is 0 Å². The summed E-state index contributed by atoms with van der Waals surface area (Å²) in [7, 11) is 1.81. The fourth-order valence-corrected chi connectivity index (χ4v) is 2.26. The number of likely N-dealkylation sites (N-methyl/N-ethyl adjacent to an activating group) is 1. The van der Waals surface area contributed by atoms with E-state index in [9.17, 15) is 4.79 Å². The van der Waals surface area contributed by atoms with Crippen LogP contribution in [0, 0.1) is 5.92 Å². The second-order valence-corrected chi connectivity index (χ2v) is 5.39. The first-order valence-electron chi connectivity index (χ1n) is 5.50. The Kier molecular flexibility index (Phi) is 4.50. The van der Waals surface area contributed by atoms with Crippen LogP contribution in [0.4, 0.5) is 0 Å². The van der Waals surface area contributed by atoms with Gasteiger partial charge in [-0.3, -0.25) is 4.79 Å². The van der Waals surface area contributed by atoms with E-state index in [1.807, 2.05) is 45.3 Å². The lowest BCUT2D eigenvalue weighted by molar-refractivity contribution is -0.134. The Hall–Kier alpha value is -0.870. The first-order chi connectivity index (χ1) is 7.45. The lowest BCUT2D eigenvalue weighted by Gasteiger charge is -2.28. The molecule has 3 nitrogen and oxygen atoms in total. The van der Waals surface area contributed by atoms with E-state index in [2.05, 4.69) is 0 Å². The predicted octanol–water partition coefficient (Wildman–Crippen LogP) is 2.25. The Morgan fingerprint density at radius 2 is 2.06 bits per heavy atom. The van der Waals surface area contributed by atoms with Gasteiger partial charge in [0.15, 0.2) is 0 Å². The lowest BCUT2D eigenvalue weighted by Crippen LogP contribution is -2.45. The minimum absolute atomic E-state index is 0.0101. The number of thiophene rings is 1. The maximum absolute atomic E-state index is 12.0. The van der Waals surface area contributed by atoms with Gasteiger partial charge < -0.3 is 10.6 Å². The molecule has 90 valence electrons. The predicted molar refractivity (Wildman–Crippen MR) is 68.3 cm³/mol. The Morgan fingerprint density at radius 3 is 2.50 bits per heavy atom. The van der Waals surface area contributed by atoms with Gasteiger partial charge >= 0.3 is 0 Å². The molecule has 1 heterocycles. The highest BCUT2D eigenvalue weighted by Crippen LogP contribution is 2.24. The minimum Gasteiger partial charge on any atom is -0.337 e. The Morgan fingerprint density at radius 1 is 1.44 bits per heavy atom. The van der Waals surface area contributed by atoms with Crippen molar-refractivity contribution in [1.82, 2.24) is 4.90 Å². The maximum atomic E-state index is 12.0. The fraction of sp³-hybridized carbons (Fsp3) is 0.583. The van der Waals surface area contributed by atoms with Gasteiger partial charge in [0.2, 0.25) is 5.91 Å². The fourth-order valence-electron chi connectivity index (χ4n) is 1.43. The van der Waals surface area contributed by atoms with Crippen molar-refractivity contribution in [2.45, 2.75) is 32.9 Å². The van der Waals surface area contributed by atoms with E-state index in [0.717, 1.165) is 0 Å². The molecule has 2 atom stereocenters. The van der Waals surface area contributed by atoms with Crippen LogP contribution in [0.25, 0.3) is 0 Å². The molecule has 16 heavy (non-hydrogen) atoms. The van der Waals surface area contributed by atoms with Crippen molar-refractivity contribution < 1.29 is 4.79 Å². The van der Waals surface area contributed by atoms with Crippen molar-refractivity contribution in [1.29, 1.82) is 0 Å². The van der Waals surface area contributed by atoms with Crippen molar-refractivity contribution >= 4 is 17.2 Å². The highest BCUT2D eigenvalue weighted by molar-refractivity contribution is 7.10. The molecular weight excluding hydrogens is 220 g/mol. The largest absolute Gasteiger partial charge is 0.337 e. The molecule has 0 aliphatic rings. The van der Waals surface area contributed by atoms with Crippen LogP contribution in [0.1, 0.15) is 31.7 Å². The average molecular weight is 240 g/mol. The molecule has 1 rings (SSSR count). The number of hydrogen-bond donors (Lipinski definition) is 1. The Labute approximate surface area is 101 Å². The molecule has 1 aromatic rings. The van der Waals surface area contributed by atoms with Gasteiger partial charge in [0.1, 0.15) is 0 Å². The molecule has 2 N–H and O–H groups in total. The van der Waals surface area contributed by atoms with E-state index in [1.165, 1.54) is 4.88 Å². The van der Waals surface area contributed by atoms with Gasteiger partial charge in [0.25, 0.3) is 0 Å². The Balaban J connectivity index is 2.71. The van der Waals surface area contributed by atoms with Crippen LogP contribution in [0.2, 0.25) is 0 Å². The molecule has 1 aromatic heterocycles. The standard InChI is InChI=1S/C12H20N2OS/c1-8(2)11(13)12(15)14(4)9(3)10-6-5-7-16-10/h5-9,11H,13H2,1-4H3/t9?,11-/m1/s1. The van der Waals surface area contributed by atoms with E-state index < -0.39 is 6.04 Å². The van der Waals surface area contributed by atoms with Crippen LogP contribution in [-0.4, -0.2) is 23.9 Å². The smallest absolute Gasteiger partial charge is 0.240 e. The number of carbonyl (C=O) groups excluding carboxylic acids is 1. The summed E-state index contributed by atoms with van der Waals surface area (Å²) < 4.78 is 0. The zero-order chi connectivity index (χ0) is 12.3. The molecule has 0 saturated carbocycles. The molecule has 1 amide bonds. The zero-order valence-corrected chi connectivity index (χ0v) is 11.1. The van der Waals surface area contributed by atoms with Crippen LogP contribution in [0.5, 0.6) is 0 Å². The SMILES string of the molecule is CC(C)[C@@H](N)C(=O)N(C)C(C)c1cccs1. The van der Waals surface area contributed by atoms with Gasteiger partial charge in [-0.15, -0.1) is 11.3 Å². The molecule has 1 unspecified atom stereocenters. The van der Waals surface area contributed by atoms with Gasteiger partial charge in [-0.1, -0.05) is 19.9 Å². The molecular formula is C12H20N2OS. The Bertz CT molecular complexity index is 335.